The molecular weight excluding hydrogens is 280 g/mol. The Balaban J connectivity index is 1.94. The zero-order chi connectivity index (χ0) is 13.9. The molecule has 1 aliphatic rings. The molecule has 0 N–H and O–H groups in total. The summed E-state index contributed by atoms with van der Waals surface area (Å²) in [5, 5.41) is 4.27. The first-order chi connectivity index (χ1) is 9.77. The van der Waals surface area contributed by atoms with Crippen molar-refractivity contribution in [1.29, 1.82) is 0 Å². The lowest BCUT2D eigenvalue weighted by Gasteiger charge is -2.26. The normalized spacial score (nSPS) is 15.3. The first-order valence-electron chi connectivity index (χ1n) is 6.34. The second-order valence-electron chi connectivity index (χ2n) is 4.45. The summed E-state index contributed by atoms with van der Waals surface area (Å²) in [6.45, 7) is 2.26. The van der Waals surface area contributed by atoms with Crippen LogP contribution in [0.2, 0.25) is 5.02 Å². The van der Waals surface area contributed by atoms with Crippen LogP contribution in [-0.4, -0.2) is 42.3 Å². The van der Waals surface area contributed by atoms with Gasteiger partial charge in [-0.3, -0.25) is 4.79 Å². The van der Waals surface area contributed by atoms with Gasteiger partial charge in [-0.2, -0.15) is 0 Å². The fraction of sp³-hybridized carbons (Fsp3) is 0.286. The van der Waals surface area contributed by atoms with Crippen molar-refractivity contribution in [2.24, 2.45) is 0 Å². The second-order valence-corrected chi connectivity index (χ2v) is 4.86. The highest BCUT2D eigenvalue weighted by molar-refractivity contribution is 6.33. The number of benzene rings is 1. The quantitative estimate of drug-likeness (QED) is 0.853. The van der Waals surface area contributed by atoms with Crippen molar-refractivity contribution in [3.8, 4) is 11.3 Å². The number of hydrogen-bond donors (Lipinski definition) is 0. The van der Waals surface area contributed by atoms with E-state index in [1.54, 1.807) is 17.0 Å². The molecule has 3 rings (SSSR count). The summed E-state index contributed by atoms with van der Waals surface area (Å²) in [5.41, 5.74) is 1.10. The topological polar surface area (TPSA) is 55.6 Å². The van der Waals surface area contributed by atoms with E-state index in [-0.39, 0.29) is 5.91 Å². The van der Waals surface area contributed by atoms with E-state index in [1.165, 1.54) is 6.20 Å². The predicted molar refractivity (Wildman–Crippen MR) is 73.7 cm³/mol. The van der Waals surface area contributed by atoms with E-state index >= 15 is 0 Å². The van der Waals surface area contributed by atoms with Crippen molar-refractivity contribution in [2.75, 3.05) is 26.3 Å². The van der Waals surface area contributed by atoms with Gasteiger partial charge >= 0.3 is 0 Å². The molecule has 0 aliphatic carbocycles. The molecule has 5 nitrogen and oxygen atoms in total. The number of ether oxygens (including phenoxy) is 1. The largest absolute Gasteiger partial charge is 0.378 e. The van der Waals surface area contributed by atoms with Crippen LogP contribution in [0.3, 0.4) is 0 Å². The lowest BCUT2D eigenvalue weighted by molar-refractivity contribution is 0.0303. The van der Waals surface area contributed by atoms with Crippen LogP contribution in [0.1, 0.15) is 10.4 Å². The fourth-order valence-corrected chi connectivity index (χ4v) is 2.39. The lowest BCUT2D eigenvalue weighted by atomic mass is 10.1. The highest BCUT2D eigenvalue weighted by Gasteiger charge is 2.25. The van der Waals surface area contributed by atoms with Crippen LogP contribution in [0, 0.1) is 0 Å². The maximum absolute atomic E-state index is 12.5. The molecule has 0 bridgehead atoms. The standard InChI is InChI=1S/C14H13ClN2O3/c15-12-4-2-1-3-10(12)13-11(9-16-20-13)14(18)17-5-7-19-8-6-17/h1-4,9H,5-8H2. The van der Waals surface area contributed by atoms with Gasteiger partial charge in [0, 0.05) is 18.7 Å². The minimum absolute atomic E-state index is 0.107. The van der Waals surface area contributed by atoms with Crippen LogP contribution in [0.15, 0.2) is 35.0 Å². The number of halogens is 1. The molecule has 1 aromatic heterocycles. The zero-order valence-corrected chi connectivity index (χ0v) is 11.5. The lowest BCUT2D eigenvalue weighted by Crippen LogP contribution is -2.40. The van der Waals surface area contributed by atoms with E-state index < -0.39 is 0 Å². The van der Waals surface area contributed by atoms with Gasteiger partial charge < -0.3 is 14.2 Å². The average Bonchev–Trinajstić information content (AvgIpc) is 2.97. The predicted octanol–water partition coefficient (Wildman–Crippen LogP) is 2.47. The number of rotatable bonds is 2. The third-order valence-electron chi connectivity index (χ3n) is 3.22. The van der Waals surface area contributed by atoms with Crippen molar-refractivity contribution in [1.82, 2.24) is 10.1 Å². The summed E-state index contributed by atoms with van der Waals surface area (Å²) in [6, 6.07) is 7.22. The maximum atomic E-state index is 12.5. The van der Waals surface area contributed by atoms with Gasteiger partial charge in [-0.1, -0.05) is 28.9 Å². The van der Waals surface area contributed by atoms with Crippen LogP contribution < -0.4 is 0 Å². The molecule has 1 amide bonds. The van der Waals surface area contributed by atoms with E-state index in [2.05, 4.69) is 5.16 Å². The molecule has 0 atom stereocenters. The highest BCUT2D eigenvalue weighted by Crippen LogP contribution is 2.30. The fourth-order valence-electron chi connectivity index (χ4n) is 2.17. The number of carbonyl (C=O) groups excluding carboxylic acids is 1. The third-order valence-corrected chi connectivity index (χ3v) is 3.55. The average molecular weight is 293 g/mol. The summed E-state index contributed by atoms with van der Waals surface area (Å²) in [6.07, 6.45) is 1.44. The monoisotopic (exact) mass is 292 g/mol. The maximum Gasteiger partial charge on any atom is 0.259 e. The van der Waals surface area contributed by atoms with Crippen molar-refractivity contribution >= 4 is 17.5 Å². The number of nitrogens with zero attached hydrogens (tertiary/aromatic N) is 2. The van der Waals surface area contributed by atoms with E-state index in [9.17, 15) is 4.79 Å². The Bertz CT molecular complexity index is 620. The molecule has 1 aromatic carbocycles. The molecule has 6 heteroatoms. The van der Waals surface area contributed by atoms with E-state index in [0.717, 1.165) is 0 Å². The molecule has 2 heterocycles. The van der Waals surface area contributed by atoms with Gasteiger partial charge in [0.15, 0.2) is 5.76 Å². The van der Waals surface area contributed by atoms with Crippen LogP contribution in [-0.2, 0) is 4.74 Å². The van der Waals surface area contributed by atoms with Gasteiger partial charge in [0.2, 0.25) is 0 Å². The van der Waals surface area contributed by atoms with Crippen LogP contribution >= 0.6 is 11.6 Å². The van der Waals surface area contributed by atoms with Gasteiger partial charge in [0.1, 0.15) is 5.56 Å². The summed E-state index contributed by atoms with van der Waals surface area (Å²) in [4.78, 5) is 14.2. The van der Waals surface area contributed by atoms with Crippen LogP contribution in [0.25, 0.3) is 11.3 Å². The number of amides is 1. The van der Waals surface area contributed by atoms with E-state index in [4.69, 9.17) is 20.9 Å². The zero-order valence-electron chi connectivity index (χ0n) is 10.7. The van der Waals surface area contributed by atoms with Crippen molar-refractivity contribution in [2.45, 2.75) is 0 Å². The van der Waals surface area contributed by atoms with Crippen molar-refractivity contribution < 1.29 is 14.1 Å². The number of hydrogen-bond acceptors (Lipinski definition) is 4. The molecule has 2 aromatic rings. The van der Waals surface area contributed by atoms with Gasteiger partial charge in [-0.15, -0.1) is 0 Å². The number of carbonyl (C=O) groups is 1. The minimum atomic E-state index is -0.107. The van der Waals surface area contributed by atoms with Gasteiger partial charge in [0.25, 0.3) is 5.91 Å². The summed E-state index contributed by atoms with van der Waals surface area (Å²) < 4.78 is 10.5. The molecule has 0 radical (unpaired) electrons. The molecule has 20 heavy (non-hydrogen) atoms. The Morgan fingerprint density at radius 2 is 2.00 bits per heavy atom. The number of aromatic nitrogens is 1. The summed E-state index contributed by atoms with van der Waals surface area (Å²) >= 11 is 6.15. The van der Waals surface area contributed by atoms with Gasteiger partial charge in [0.05, 0.1) is 24.4 Å². The van der Waals surface area contributed by atoms with Gasteiger partial charge in [-0.25, -0.2) is 0 Å². The SMILES string of the molecule is O=C(c1cnoc1-c1ccccc1Cl)N1CCOCC1. The first kappa shape index (κ1) is 13.1. The Labute approximate surface area is 121 Å². The Hall–Kier alpha value is -1.85. The van der Waals surface area contributed by atoms with Crippen molar-refractivity contribution in [3.63, 3.8) is 0 Å². The Morgan fingerprint density at radius 1 is 1.25 bits per heavy atom. The molecule has 1 fully saturated rings. The Morgan fingerprint density at radius 3 is 2.75 bits per heavy atom. The molecule has 104 valence electrons. The number of morpholine rings is 1. The molecule has 1 saturated heterocycles. The summed E-state index contributed by atoms with van der Waals surface area (Å²) in [7, 11) is 0. The van der Waals surface area contributed by atoms with E-state index in [0.29, 0.717) is 48.2 Å². The molecule has 0 unspecified atom stereocenters. The minimum Gasteiger partial charge on any atom is -0.378 e. The Kier molecular flexibility index (Phi) is 3.71. The molecular formula is C14H13ClN2O3. The van der Waals surface area contributed by atoms with Gasteiger partial charge in [-0.05, 0) is 12.1 Å². The van der Waals surface area contributed by atoms with Crippen LogP contribution in [0.4, 0.5) is 0 Å². The second kappa shape index (κ2) is 5.64. The smallest absolute Gasteiger partial charge is 0.259 e. The van der Waals surface area contributed by atoms with Crippen LogP contribution in [0.5, 0.6) is 0 Å². The highest BCUT2D eigenvalue weighted by atomic mass is 35.5. The molecule has 1 aliphatic heterocycles. The molecule has 0 spiro atoms. The third kappa shape index (κ3) is 2.42. The van der Waals surface area contributed by atoms with E-state index in [1.807, 2.05) is 12.1 Å². The molecule has 0 saturated carbocycles. The summed E-state index contributed by atoms with van der Waals surface area (Å²) in [5.74, 6) is 0.302. The van der Waals surface area contributed by atoms with Crippen molar-refractivity contribution in [3.05, 3.63) is 41.0 Å². The first-order valence-corrected chi connectivity index (χ1v) is 6.72.